The number of benzene rings is 3. The highest BCUT2D eigenvalue weighted by atomic mass is 16.5. The van der Waals surface area contributed by atoms with Crippen molar-refractivity contribution in [3.63, 3.8) is 0 Å². The van der Waals surface area contributed by atoms with Crippen LogP contribution in [0.2, 0.25) is 0 Å². The molecule has 4 aromatic rings. The maximum Gasteiger partial charge on any atom is 0.255 e. The van der Waals surface area contributed by atoms with Crippen LogP contribution in [0.25, 0.3) is 10.9 Å². The molecular formula is C22H18N2O2. The molecule has 0 fully saturated rings. The first-order valence-electron chi connectivity index (χ1n) is 8.44. The van der Waals surface area contributed by atoms with Gasteiger partial charge in [0.15, 0.2) is 0 Å². The van der Waals surface area contributed by atoms with Gasteiger partial charge in [-0.15, -0.1) is 0 Å². The van der Waals surface area contributed by atoms with Crippen molar-refractivity contribution in [2.45, 2.75) is 6.61 Å². The van der Waals surface area contributed by atoms with Gasteiger partial charge in [0.25, 0.3) is 5.91 Å². The lowest BCUT2D eigenvalue weighted by Crippen LogP contribution is -2.11. The van der Waals surface area contributed by atoms with Crippen molar-refractivity contribution in [3.8, 4) is 5.75 Å². The number of fused-ring (bicyclic) bond motifs is 1. The van der Waals surface area contributed by atoms with E-state index in [-0.39, 0.29) is 5.91 Å². The van der Waals surface area contributed by atoms with E-state index in [9.17, 15) is 4.79 Å². The molecule has 0 saturated carbocycles. The summed E-state index contributed by atoms with van der Waals surface area (Å²) in [6.07, 6.45) is 1.86. The van der Waals surface area contributed by atoms with Gasteiger partial charge in [-0.25, -0.2) is 0 Å². The summed E-state index contributed by atoms with van der Waals surface area (Å²) < 4.78 is 5.76. The molecule has 0 spiro atoms. The van der Waals surface area contributed by atoms with Crippen LogP contribution in [0.5, 0.6) is 5.75 Å². The van der Waals surface area contributed by atoms with Crippen molar-refractivity contribution in [1.29, 1.82) is 0 Å². The SMILES string of the molecule is O=C(Nc1cccc2[nH]ccc12)c1ccc(OCc2ccccc2)cc1. The zero-order chi connectivity index (χ0) is 17.8. The van der Waals surface area contributed by atoms with Crippen molar-refractivity contribution in [2.24, 2.45) is 0 Å². The third-order valence-corrected chi connectivity index (χ3v) is 4.21. The Balaban J connectivity index is 1.43. The van der Waals surface area contributed by atoms with Crippen LogP contribution in [-0.2, 0) is 6.61 Å². The smallest absolute Gasteiger partial charge is 0.255 e. The first kappa shape index (κ1) is 16.0. The number of nitrogens with one attached hydrogen (secondary N) is 2. The first-order valence-corrected chi connectivity index (χ1v) is 8.44. The van der Waals surface area contributed by atoms with E-state index < -0.39 is 0 Å². The van der Waals surface area contributed by atoms with E-state index in [0.717, 1.165) is 27.9 Å². The lowest BCUT2D eigenvalue weighted by Gasteiger charge is -2.09. The summed E-state index contributed by atoms with van der Waals surface area (Å²) in [6.45, 7) is 0.502. The van der Waals surface area contributed by atoms with Gasteiger partial charge in [0.2, 0.25) is 0 Å². The molecule has 1 amide bonds. The Kier molecular flexibility index (Phi) is 4.39. The highest BCUT2D eigenvalue weighted by Crippen LogP contribution is 2.23. The fourth-order valence-corrected chi connectivity index (χ4v) is 2.83. The molecule has 1 heterocycles. The van der Waals surface area contributed by atoms with Crippen LogP contribution in [0.1, 0.15) is 15.9 Å². The van der Waals surface area contributed by atoms with E-state index in [1.54, 1.807) is 12.1 Å². The number of ether oxygens (including phenoxy) is 1. The van der Waals surface area contributed by atoms with Gasteiger partial charge < -0.3 is 15.0 Å². The molecule has 0 atom stereocenters. The van der Waals surface area contributed by atoms with Crippen LogP contribution in [0.3, 0.4) is 0 Å². The van der Waals surface area contributed by atoms with E-state index in [4.69, 9.17) is 4.74 Å². The fourth-order valence-electron chi connectivity index (χ4n) is 2.83. The fraction of sp³-hybridized carbons (Fsp3) is 0.0455. The number of H-pyrrole nitrogens is 1. The van der Waals surface area contributed by atoms with Gasteiger partial charge in [-0.2, -0.15) is 0 Å². The van der Waals surface area contributed by atoms with Gasteiger partial charge >= 0.3 is 0 Å². The van der Waals surface area contributed by atoms with Crippen molar-refractivity contribution in [3.05, 3.63) is 96.2 Å². The Hall–Kier alpha value is -3.53. The van der Waals surface area contributed by atoms with Crippen molar-refractivity contribution >= 4 is 22.5 Å². The van der Waals surface area contributed by atoms with Crippen LogP contribution in [-0.4, -0.2) is 10.9 Å². The van der Waals surface area contributed by atoms with E-state index in [0.29, 0.717) is 12.2 Å². The molecule has 4 rings (SSSR count). The van der Waals surface area contributed by atoms with Crippen molar-refractivity contribution in [1.82, 2.24) is 4.98 Å². The summed E-state index contributed by atoms with van der Waals surface area (Å²) in [5.41, 5.74) is 3.48. The highest BCUT2D eigenvalue weighted by Gasteiger charge is 2.09. The average molecular weight is 342 g/mol. The van der Waals surface area contributed by atoms with Gasteiger partial charge in [0.05, 0.1) is 5.69 Å². The number of anilines is 1. The third-order valence-electron chi connectivity index (χ3n) is 4.21. The molecule has 1 aromatic heterocycles. The number of aromatic amines is 1. The monoisotopic (exact) mass is 342 g/mol. The Morgan fingerprint density at radius 3 is 2.50 bits per heavy atom. The molecule has 0 aliphatic carbocycles. The largest absolute Gasteiger partial charge is 0.489 e. The lowest BCUT2D eigenvalue weighted by molar-refractivity contribution is 0.102. The molecule has 26 heavy (non-hydrogen) atoms. The predicted octanol–water partition coefficient (Wildman–Crippen LogP) is 5.00. The molecule has 0 bridgehead atoms. The van der Waals surface area contributed by atoms with Gasteiger partial charge in [-0.05, 0) is 48.0 Å². The predicted molar refractivity (Wildman–Crippen MR) is 103 cm³/mol. The van der Waals surface area contributed by atoms with Gasteiger partial charge in [0, 0.05) is 22.7 Å². The number of aromatic nitrogens is 1. The van der Waals surface area contributed by atoms with Gasteiger partial charge in [-0.1, -0.05) is 36.4 Å². The summed E-state index contributed by atoms with van der Waals surface area (Å²) in [7, 11) is 0. The van der Waals surface area contributed by atoms with E-state index in [1.165, 1.54) is 0 Å². The topological polar surface area (TPSA) is 54.1 Å². The zero-order valence-corrected chi connectivity index (χ0v) is 14.1. The van der Waals surface area contributed by atoms with E-state index in [1.807, 2.05) is 72.9 Å². The summed E-state index contributed by atoms with van der Waals surface area (Å²) in [4.78, 5) is 15.6. The molecule has 0 unspecified atom stereocenters. The summed E-state index contributed by atoms with van der Waals surface area (Å²) in [5.74, 6) is 0.589. The standard InChI is InChI=1S/C22H18N2O2/c25-22(24-21-8-4-7-20-19(21)13-14-23-20)17-9-11-18(12-10-17)26-15-16-5-2-1-3-6-16/h1-14,23H,15H2,(H,24,25). The minimum absolute atomic E-state index is 0.145. The molecule has 0 aliphatic rings. The molecule has 128 valence electrons. The molecule has 2 N–H and O–H groups in total. The van der Waals surface area contributed by atoms with Crippen LogP contribution in [0.15, 0.2) is 85.1 Å². The Morgan fingerprint density at radius 2 is 1.69 bits per heavy atom. The highest BCUT2D eigenvalue weighted by molar-refractivity contribution is 6.08. The Morgan fingerprint density at radius 1 is 0.885 bits per heavy atom. The maximum atomic E-state index is 12.5. The van der Waals surface area contributed by atoms with Crippen LogP contribution >= 0.6 is 0 Å². The number of hydrogen-bond acceptors (Lipinski definition) is 2. The number of amides is 1. The Bertz CT molecular complexity index is 1020. The summed E-state index contributed by atoms with van der Waals surface area (Å²) >= 11 is 0. The second-order valence-electron chi connectivity index (χ2n) is 6.00. The summed E-state index contributed by atoms with van der Waals surface area (Å²) in [6, 6.07) is 24.9. The first-order chi connectivity index (χ1) is 12.8. The minimum Gasteiger partial charge on any atom is -0.489 e. The quantitative estimate of drug-likeness (QED) is 0.536. The molecule has 0 radical (unpaired) electrons. The van der Waals surface area contributed by atoms with Gasteiger partial charge in [-0.3, -0.25) is 4.79 Å². The normalized spacial score (nSPS) is 10.6. The van der Waals surface area contributed by atoms with E-state index in [2.05, 4.69) is 10.3 Å². The molecule has 4 nitrogen and oxygen atoms in total. The minimum atomic E-state index is -0.145. The van der Waals surface area contributed by atoms with Crippen molar-refractivity contribution in [2.75, 3.05) is 5.32 Å². The Labute approximate surface area is 151 Å². The van der Waals surface area contributed by atoms with Crippen LogP contribution in [0.4, 0.5) is 5.69 Å². The zero-order valence-electron chi connectivity index (χ0n) is 14.1. The van der Waals surface area contributed by atoms with Crippen molar-refractivity contribution < 1.29 is 9.53 Å². The molecule has 0 aliphatic heterocycles. The number of hydrogen-bond donors (Lipinski definition) is 2. The number of carbonyl (C=O) groups excluding carboxylic acids is 1. The van der Waals surface area contributed by atoms with E-state index >= 15 is 0 Å². The lowest BCUT2D eigenvalue weighted by atomic mass is 10.1. The summed E-state index contributed by atoms with van der Waals surface area (Å²) in [5, 5.41) is 3.95. The van der Waals surface area contributed by atoms with Crippen LogP contribution < -0.4 is 10.1 Å². The third kappa shape index (κ3) is 3.44. The molecule has 3 aromatic carbocycles. The molecule has 0 saturated heterocycles. The molecular weight excluding hydrogens is 324 g/mol. The second kappa shape index (κ2) is 7.15. The number of rotatable bonds is 5. The van der Waals surface area contributed by atoms with Crippen LogP contribution in [0, 0.1) is 0 Å². The average Bonchev–Trinajstić information content (AvgIpc) is 3.17. The van der Waals surface area contributed by atoms with Gasteiger partial charge in [0.1, 0.15) is 12.4 Å². The number of carbonyl (C=O) groups is 1. The second-order valence-corrected chi connectivity index (χ2v) is 6.00. The maximum absolute atomic E-state index is 12.5. The molecule has 4 heteroatoms.